The lowest BCUT2D eigenvalue weighted by Crippen LogP contribution is -2.03. The minimum Gasteiger partial charge on any atom is -0.493 e. The Balaban J connectivity index is 2.12. The monoisotopic (exact) mass is 426 g/mol. The molecule has 0 aliphatic rings. The highest BCUT2D eigenvalue weighted by Crippen LogP contribution is 2.42. The van der Waals surface area contributed by atoms with Gasteiger partial charge in [0.05, 0.1) is 20.4 Å². The van der Waals surface area contributed by atoms with E-state index in [1.165, 1.54) is 13.2 Å². The molecular weight excluding hydrogens is 399 g/mol. The van der Waals surface area contributed by atoms with Gasteiger partial charge in [0.2, 0.25) is 0 Å². The Bertz CT molecular complexity index is 1070. The molecule has 0 saturated carbocycles. The van der Waals surface area contributed by atoms with E-state index in [1.807, 2.05) is 19.1 Å². The fraction of sp³-hybridized carbons (Fsp3) is 0.320. The Hall–Kier alpha value is -2.66. The van der Waals surface area contributed by atoms with Gasteiger partial charge in [-0.05, 0) is 47.1 Å². The maximum Gasteiger partial charge on any atom is 0.330 e. The zero-order valence-corrected chi connectivity index (χ0v) is 18.6. The van der Waals surface area contributed by atoms with E-state index in [-0.39, 0.29) is 11.9 Å². The molecule has 2 aromatic carbocycles. The number of carbonyl (C=O) groups excluding carboxylic acids is 1. The van der Waals surface area contributed by atoms with Crippen molar-refractivity contribution in [3.8, 4) is 16.9 Å². The molecule has 0 aliphatic heterocycles. The highest BCUT2D eigenvalue weighted by molar-refractivity contribution is 7.17. The molecule has 0 saturated heterocycles. The van der Waals surface area contributed by atoms with Crippen LogP contribution in [0.1, 0.15) is 44.2 Å². The van der Waals surface area contributed by atoms with Crippen LogP contribution < -0.4 is 4.74 Å². The molecule has 3 nitrogen and oxygen atoms in total. The second-order valence-electron chi connectivity index (χ2n) is 7.48. The number of halogens is 1. The Morgan fingerprint density at radius 2 is 2.00 bits per heavy atom. The second-order valence-corrected chi connectivity index (χ2v) is 8.39. The predicted octanol–water partition coefficient (Wildman–Crippen LogP) is 7.01. The number of carbonyl (C=O) groups is 1. The molecule has 1 aromatic heterocycles. The summed E-state index contributed by atoms with van der Waals surface area (Å²) in [6.07, 6.45) is 1.87. The first-order chi connectivity index (χ1) is 14.5. The number of rotatable bonds is 8. The maximum absolute atomic E-state index is 12.7. The van der Waals surface area contributed by atoms with E-state index in [4.69, 9.17) is 9.47 Å². The fourth-order valence-electron chi connectivity index (χ4n) is 3.41. The summed E-state index contributed by atoms with van der Waals surface area (Å²) >= 11 is 1.67. The first-order valence-electron chi connectivity index (χ1n) is 10.1. The van der Waals surface area contributed by atoms with Crippen molar-refractivity contribution in [2.45, 2.75) is 33.1 Å². The number of methoxy groups -OCH3 is 1. The molecule has 0 aliphatic carbocycles. The predicted molar refractivity (Wildman–Crippen MR) is 123 cm³/mol. The Labute approximate surface area is 181 Å². The molecule has 30 heavy (non-hydrogen) atoms. The first-order valence-corrected chi connectivity index (χ1v) is 10.9. The summed E-state index contributed by atoms with van der Waals surface area (Å²) in [5.74, 6) is 0.746. The average Bonchev–Trinajstić information content (AvgIpc) is 3.16. The lowest BCUT2D eigenvalue weighted by molar-refractivity contribution is -0.134. The Morgan fingerprint density at radius 3 is 2.70 bits per heavy atom. The summed E-state index contributed by atoms with van der Waals surface area (Å²) in [5, 5.41) is 3.24. The van der Waals surface area contributed by atoms with Gasteiger partial charge in [0, 0.05) is 33.7 Å². The molecule has 158 valence electrons. The fourth-order valence-corrected chi connectivity index (χ4v) is 4.35. The van der Waals surface area contributed by atoms with E-state index in [1.54, 1.807) is 11.3 Å². The molecule has 0 unspecified atom stereocenters. The van der Waals surface area contributed by atoms with Crippen molar-refractivity contribution in [3.63, 3.8) is 0 Å². The van der Waals surface area contributed by atoms with Gasteiger partial charge in [-0.15, -0.1) is 11.3 Å². The van der Waals surface area contributed by atoms with Crippen LogP contribution in [0.2, 0.25) is 0 Å². The van der Waals surface area contributed by atoms with Crippen molar-refractivity contribution < 1.29 is 18.7 Å². The van der Waals surface area contributed by atoms with E-state index in [0.717, 1.165) is 43.7 Å². The number of para-hydroxylation sites is 1. The largest absolute Gasteiger partial charge is 0.493 e. The maximum atomic E-state index is 12.7. The van der Waals surface area contributed by atoms with E-state index in [0.29, 0.717) is 13.0 Å². The number of benzene rings is 2. The quantitative estimate of drug-likeness (QED) is 0.221. The highest BCUT2D eigenvalue weighted by Gasteiger charge is 2.17. The van der Waals surface area contributed by atoms with Crippen molar-refractivity contribution in [3.05, 3.63) is 59.0 Å². The molecule has 0 N–H and O–H groups in total. The number of esters is 1. The summed E-state index contributed by atoms with van der Waals surface area (Å²) in [6, 6.07) is 12.4. The van der Waals surface area contributed by atoms with Crippen LogP contribution in [-0.4, -0.2) is 26.4 Å². The van der Waals surface area contributed by atoms with Crippen molar-refractivity contribution >= 4 is 33.0 Å². The van der Waals surface area contributed by atoms with Crippen LogP contribution >= 0.6 is 11.3 Å². The lowest BCUT2D eigenvalue weighted by Gasteiger charge is -2.18. The summed E-state index contributed by atoms with van der Waals surface area (Å²) in [4.78, 5) is 11.6. The third kappa shape index (κ3) is 4.73. The molecule has 0 bridgehead atoms. The lowest BCUT2D eigenvalue weighted by atomic mass is 9.94. The molecule has 1 heterocycles. The second kappa shape index (κ2) is 9.90. The number of fused-ring (bicyclic) bond motifs is 1. The van der Waals surface area contributed by atoms with Crippen LogP contribution in [-0.2, 0) is 9.53 Å². The van der Waals surface area contributed by atoms with Crippen LogP contribution in [0.25, 0.3) is 26.8 Å². The molecule has 0 radical (unpaired) electrons. The van der Waals surface area contributed by atoms with Gasteiger partial charge in [-0.25, -0.2) is 4.79 Å². The third-order valence-corrected chi connectivity index (χ3v) is 6.01. The van der Waals surface area contributed by atoms with Crippen LogP contribution in [0.15, 0.2) is 47.9 Å². The van der Waals surface area contributed by atoms with Crippen molar-refractivity contribution in [1.29, 1.82) is 0 Å². The van der Waals surface area contributed by atoms with E-state index >= 15 is 0 Å². The van der Waals surface area contributed by atoms with Crippen LogP contribution in [0.3, 0.4) is 0 Å². The van der Waals surface area contributed by atoms with Gasteiger partial charge in [-0.2, -0.15) is 0 Å². The molecule has 5 heteroatoms. The summed E-state index contributed by atoms with van der Waals surface area (Å²) < 4.78 is 24.6. The number of ether oxygens (including phenoxy) is 2. The van der Waals surface area contributed by atoms with Crippen LogP contribution in [0.5, 0.6) is 5.75 Å². The number of allylic oxidation sites excluding steroid dienone is 1. The SMILES string of the molecule is COC(=O)/C=C(\C)c1ccc2scc(-c3cccc(C(C)C)c3OCCCF)c2c1. The normalized spacial score (nSPS) is 11.9. The minimum atomic E-state index is -0.393. The molecular formula is C25H27FO3S. The summed E-state index contributed by atoms with van der Waals surface area (Å²) in [6.45, 7) is 6.12. The van der Waals surface area contributed by atoms with Gasteiger partial charge in [0.15, 0.2) is 0 Å². The Kier molecular flexibility index (Phi) is 7.27. The number of alkyl halides is 1. The van der Waals surface area contributed by atoms with Crippen LogP contribution in [0, 0.1) is 0 Å². The molecule has 0 spiro atoms. The van der Waals surface area contributed by atoms with Gasteiger partial charge in [-0.1, -0.05) is 38.1 Å². The molecule has 0 atom stereocenters. The van der Waals surface area contributed by atoms with Gasteiger partial charge >= 0.3 is 5.97 Å². The average molecular weight is 427 g/mol. The minimum absolute atomic E-state index is 0.288. The smallest absolute Gasteiger partial charge is 0.330 e. The Morgan fingerprint density at radius 1 is 1.20 bits per heavy atom. The molecule has 0 fully saturated rings. The summed E-state index contributed by atoms with van der Waals surface area (Å²) in [7, 11) is 1.37. The van der Waals surface area contributed by atoms with E-state index < -0.39 is 6.67 Å². The topological polar surface area (TPSA) is 35.5 Å². The van der Waals surface area contributed by atoms with Crippen molar-refractivity contribution in [1.82, 2.24) is 0 Å². The molecule has 3 rings (SSSR count). The first kappa shape index (κ1) is 22.0. The van der Waals surface area contributed by atoms with Gasteiger partial charge < -0.3 is 9.47 Å². The van der Waals surface area contributed by atoms with Gasteiger partial charge in [0.1, 0.15) is 5.75 Å². The highest BCUT2D eigenvalue weighted by atomic mass is 32.1. The molecule has 0 amide bonds. The van der Waals surface area contributed by atoms with Crippen molar-refractivity contribution in [2.75, 3.05) is 20.4 Å². The summed E-state index contributed by atoms with van der Waals surface area (Å²) in [5.41, 5.74) is 5.02. The van der Waals surface area contributed by atoms with Crippen molar-refractivity contribution in [2.24, 2.45) is 0 Å². The standard InChI is InChI=1S/C25H27FO3S/c1-16(2)19-7-5-8-20(25(19)29-12-6-11-26)22-15-30-23-10-9-18(14-21(22)23)17(3)13-24(27)28-4/h5,7-10,13-16H,6,11-12H2,1-4H3/b17-13+. The van der Waals surface area contributed by atoms with Gasteiger partial charge in [-0.3, -0.25) is 4.39 Å². The van der Waals surface area contributed by atoms with E-state index in [9.17, 15) is 9.18 Å². The zero-order chi connectivity index (χ0) is 21.7. The van der Waals surface area contributed by atoms with E-state index in [2.05, 4.69) is 43.5 Å². The third-order valence-electron chi connectivity index (χ3n) is 5.05. The van der Waals surface area contributed by atoms with Crippen LogP contribution in [0.4, 0.5) is 4.39 Å². The molecule has 3 aromatic rings. The number of hydrogen-bond donors (Lipinski definition) is 0. The van der Waals surface area contributed by atoms with Gasteiger partial charge in [0.25, 0.3) is 0 Å². The number of thiophene rings is 1. The number of hydrogen-bond acceptors (Lipinski definition) is 4. The zero-order valence-electron chi connectivity index (χ0n) is 17.8.